The van der Waals surface area contributed by atoms with Crippen molar-refractivity contribution in [2.75, 3.05) is 32.2 Å². The number of urea groups is 1. The van der Waals surface area contributed by atoms with Crippen molar-refractivity contribution in [3.63, 3.8) is 0 Å². The monoisotopic (exact) mass is 337 g/mol. The maximum atomic E-state index is 12.4. The Kier molecular flexibility index (Phi) is 5.03. The molecule has 2 saturated heterocycles. The van der Waals surface area contributed by atoms with Gasteiger partial charge in [-0.15, -0.1) is 0 Å². The molecule has 0 aliphatic carbocycles. The minimum Gasteiger partial charge on any atom is -0.469 e. The van der Waals surface area contributed by atoms with Gasteiger partial charge < -0.3 is 18.9 Å². The highest BCUT2D eigenvalue weighted by Gasteiger charge is 2.39. The summed E-state index contributed by atoms with van der Waals surface area (Å²) in [5, 5.41) is 6.68. The van der Waals surface area contributed by atoms with Gasteiger partial charge in [0, 0.05) is 37.8 Å². The fourth-order valence-corrected chi connectivity index (χ4v) is 3.40. The van der Waals surface area contributed by atoms with E-state index < -0.39 is 0 Å². The van der Waals surface area contributed by atoms with Crippen LogP contribution in [0.2, 0.25) is 0 Å². The SMILES string of the molecule is COC(=O)C1CCN(C(=O)Nc2cc(C3CCOCC3)on2)C1C. The first kappa shape index (κ1) is 16.8. The molecule has 2 fully saturated rings. The smallest absolute Gasteiger partial charge is 0.323 e. The van der Waals surface area contributed by atoms with Crippen molar-refractivity contribution in [1.82, 2.24) is 10.1 Å². The molecule has 0 spiro atoms. The Balaban J connectivity index is 1.59. The highest BCUT2D eigenvalue weighted by atomic mass is 16.5. The van der Waals surface area contributed by atoms with Crippen molar-refractivity contribution < 1.29 is 23.6 Å². The molecule has 0 bridgehead atoms. The molecule has 1 N–H and O–H groups in total. The summed E-state index contributed by atoms with van der Waals surface area (Å²) in [7, 11) is 1.37. The van der Waals surface area contributed by atoms with Crippen LogP contribution in [0.25, 0.3) is 0 Å². The lowest BCUT2D eigenvalue weighted by Crippen LogP contribution is -2.40. The van der Waals surface area contributed by atoms with E-state index in [4.69, 9.17) is 14.0 Å². The fraction of sp³-hybridized carbons (Fsp3) is 0.688. The Hall–Kier alpha value is -2.09. The van der Waals surface area contributed by atoms with Gasteiger partial charge in [0.15, 0.2) is 5.82 Å². The van der Waals surface area contributed by atoms with Gasteiger partial charge >= 0.3 is 12.0 Å². The van der Waals surface area contributed by atoms with Crippen LogP contribution in [0.1, 0.15) is 37.9 Å². The second kappa shape index (κ2) is 7.21. The Morgan fingerprint density at radius 3 is 2.79 bits per heavy atom. The number of aromatic nitrogens is 1. The minimum absolute atomic E-state index is 0.209. The number of rotatable bonds is 3. The van der Waals surface area contributed by atoms with Crippen molar-refractivity contribution in [3.05, 3.63) is 11.8 Å². The molecule has 2 aliphatic heterocycles. The summed E-state index contributed by atoms with van der Waals surface area (Å²) in [5.74, 6) is 0.897. The van der Waals surface area contributed by atoms with Crippen LogP contribution in [0, 0.1) is 5.92 Å². The number of nitrogens with zero attached hydrogens (tertiary/aromatic N) is 2. The van der Waals surface area contributed by atoms with Crippen molar-refractivity contribution in [2.24, 2.45) is 5.92 Å². The molecule has 8 heteroatoms. The Morgan fingerprint density at radius 1 is 1.33 bits per heavy atom. The van der Waals surface area contributed by atoms with Gasteiger partial charge in [-0.3, -0.25) is 10.1 Å². The molecule has 1 aromatic heterocycles. The number of methoxy groups -OCH3 is 1. The van der Waals surface area contributed by atoms with E-state index in [2.05, 4.69) is 10.5 Å². The van der Waals surface area contributed by atoms with Gasteiger partial charge in [0.05, 0.1) is 13.0 Å². The van der Waals surface area contributed by atoms with Gasteiger partial charge in [-0.2, -0.15) is 0 Å². The van der Waals surface area contributed by atoms with Gasteiger partial charge in [0.1, 0.15) is 5.76 Å². The number of hydrogen-bond acceptors (Lipinski definition) is 6. The summed E-state index contributed by atoms with van der Waals surface area (Å²) in [5.41, 5.74) is 0. The largest absolute Gasteiger partial charge is 0.469 e. The van der Waals surface area contributed by atoms with Gasteiger partial charge in [-0.05, 0) is 26.2 Å². The minimum atomic E-state index is -0.282. The Bertz CT molecular complexity index is 596. The van der Waals surface area contributed by atoms with Crippen LogP contribution in [-0.4, -0.2) is 55.0 Å². The molecular weight excluding hydrogens is 314 g/mol. The van der Waals surface area contributed by atoms with Crippen LogP contribution in [0.5, 0.6) is 0 Å². The third kappa shape index (κ3) is 3.38. The molecule has 24 heavy (non-hydrogen) atoms. The maximum absolute atomic E-state index is 12.4. The normalized spacial score (nSPS) is 24.8. The number of nitrogens with one attached hydrogen (secondary N) is 1. The summed E-state index contributed by atoms with van der Waals surface area (Å²) in [4.78, 5) is 25.8. The van der Waals surface area contributed by atoms with E-state index in [1.165, 1.54) is 7.11 Å². The lowest BCUT2D eigenvalue weighted by Gasteiger charge is -2.23. The first-order valence-electron chi connectivity index (χ1n) is 8.30. The number of amides is 2. The molecule has 2 amide bonds. The second-order valence-corrected chi connectivity index (χ2v) is 6.28. The predicted octanol–water partition coefficient (Wildman–Crippen LogP) is 1.98. The average molecular weight is 337 g/mol. The molecule has 3 heterocycles. The third-order valence-corrected chi connectivity index (χ3v) is 4.91. The molecule has 1 aromatic rings. The van der Waals surface area contributed by atoms with E-state index in [1.807, 2.05) is 6.92 Å². The fourth-order valence-electron chi connectivity index (χ4n) is 3.40. The molecule has 0 aromatic carbocycles. The number of ether oxygens (including phenoxy) is 2. The molecule has 2 aliphatic rings. The van der Waals surface area contributed by atoms with Gasteiger partial charge in [0.25, 0.3) is 0 Å². The zero-order chi connectivity index (χ0) is 17.1. The van der Waals surface area contributed by atoms with Crippen molar-refractivity contribution in [2.45, 2.75) is 38.1 Å². The van der Waals surface area contributed by atoms with Crippen LogP contribution in [0.15, 0.2) is 10.6 Å². The Morgan fingerprint density at radius 2 is 2.08 bits per heavy atom. The maximum Gasteiger partial charge on any atom is 0.323 e. The second-order valence-electron chi connectivity index (χ2n) is 6.28. The summed E-state index contributed by atoms with van der Waals surface area (Å²) in [6, 6.07) is 1.28. The van der Waals surface area contributed by atoms with Crippen LogP contribution in [0.4, 0.5) is 10.6 Å². The highest BCUT2D eigenvalue weighted by molar-refractivity contribution is 5.89. The van der Waals surface area contributed by atoms with Gasteiger partial charge in [-0.25, -0.2) is 4.79 Å². The molecule has 0 radical (unpaired) electrons. The van der Waals surface area contributed by atoms with Crippen LogP contribution < -0.4 is 5.32 Å². The highest BCUT2D eigenvalue weighted by Crippen LogP contribution is 2.29. The van der Waals surface area contributed by atoms with Crippen molar-refractivity contribution >= 4 is 17.8 Å². The predicted molar refractivity (Wildman–Crippen MR) is 84.6 cm³/mol. The van der Waals surface area contributed by atoms with E-state index in [9.17, 15) is 9.59 Å². The molecule has 2 atom stereocenters. The molecule has 8 nitrogen and oxygen atoms in total. The lowest BCUT2D eigenvalue weighted by atomic mass is 9.98. The average Bonchev–Trinajstić information content (AvgIpc) is 3.21. The quantitative estimate of drug-likeness (QED) is 0.848. The summed E-state index contributed by atoms with van der Waals surface area (Å²) in [6.45, 7) is 3.79. The van der Waals surface area contributed by atoms with Gasteiger partial charge in [-0.1, -0.05) is 5.16 Å². The van der Waals surface area contributed by atoms with E-state index >= 15 is 0 Å². The zero-order valence-electron chi connectivity index (χ0n) is 14.0. The van der Waals surface area contributed by atoms with E-state index in [0.29, 0.717) is 32.0 Å². The number of carbonyl (C=O) groups excluding carboxylic acids is 2. The number of hydrogen-bond donors (Lipinski definition) is 1. The molecule has 2 unspecified atom stereocenters. The lowest BCUT2D eigenvalue weighted by molar-refractivity contribution is -0.145. The molecule has 0 saturated carbocycles. The Labute approximate surface area is 140 Å². The van der Waals surface area contributed by atoms with E-state index in [1.54, 1.807) is 11.0 Å². The summed E-state index contributed by atoms with van der Waals surface area (Å²) >= 11 is 0. The first-order valence-corrected chi connectivity index (χ1v) is 8.30. The first-order chi connectivity index (χ1) is 11.6. The van der Waals surface area contributed by atoms with Crippen molar-refractivity contribution in [1.29, 1.82) is 0 Å². The van der Waals surface area contributed by atoms with E-state index in [-0.39, 0.29) is 29.9 Å². The number of anilines is 1. The zero-order valence-corrected chi connectivity index (χ0v) is 14.0. The van der Waals surface area contributed by atoms with Crippen LogP contribution in [-0.2, 0) is 14.3 Å². The standard InChI is InChI=1S/C16H23N3O5/c1-10-12(15(20)22-2)3-6-19(10)16(21)17-14-9-13(24-18-14)11-4-7-23-8-5-11/h9-12H,3-8H2,1-2H3,(H,17,18,21). The topological polar surface area (TPSA) is 93.9 Å². The van der Waals surface area contributed by atoms with Crippen molar-refractivity contribution in [3.8, 4) is 0 Å². The van der Waals surface area contributed by atoms with E-state index in [0.717, 1.165) is 18.6 Å². The van der Waals surface area contributed by atoms with Crippen LogP contribution >= 0.6 is 0 Å². The number of carbonyl (C=O) groups is 2. The third-order valence-electron chi connectivity index (χ3n) is 4.91. The number of likely N-dealkylation sites (tertiary alicyclic amines) is 1. The van der Waals surface area contributed by atoms with Gasteiger partial charge in [0.2, 0.25) is 0 Å². The summed E-state index contributed by atoms with van der Waals surface area (Å²) < 4.78 is 15.5. The molecule has 3 rings (SSSR count). The summed E-state index contributed by atoms with van der Waals surface area (Å²) in [6.07, 6.45) is 2.40. The molecular formula is C16H23N3O5. The molecule has 132 valence electrons. The van der Waals surface area contributed by atoms with Crippen LogP contribution in [0.3, 0.4) is 0 Å². The number of esters is 1.